The van der Waals surface area contributed by atoms with Crippen LogP contribution in [0.1, 0.15) is 37.8 Å². The molecule has 0 radical (unpaired) electrons. The van der Waals surface area contributed by atoms with Crippen LogP contribution in [0.4, 0.5) is 0 Å². The molecule has 0 saturated carbocycles. The number of hydrogen-bond donors (Lipinski definition) is 2. The minimum atomic E-state index is -0.800. The number of benzene rings is 1. The molecule has 1 amide bonds. The second-order valence-corrected chi connectivity index (χ2v) is 6.49. The lowest BCUT2D eigenvalue weighted by Gasteiger charge is -2.22. The summed E-state index contributed by atoms with van der Waals surface area (Å²) in [5.41, 5.74) is 1.68. The van der Waals surface area contributed by atoms with Crippen molar-refractivity contribution in [2.45, 2.75) is 45.0 Å². The molecule has 0 aromatic heterocycles. The van der Waals surface area contributed by atoms with Gasteiger partial charge in [0, 0.05) is 12.3 Å². The van der Waals surface area contributed by atoms with Crippen LogP contribution in [0.15, 0.2) is 24.3 Å². The minimum absolute atomic E-state index is 0.0148. The van der Waals surface area contributed by atoms with Crippen molar-refractivity contribution >= 4 is 17.7 Å². The summed E-state index contributed by atoms with van der Waals surface area (Å²) in [7, 11) is 0. The third-order valence-corrected chi connectivity index (χ3v) is 4.04. The van der Waals surface area contributed by atoms with Gasteiger partial charge in [0.1, 0.15) is 0 Å². The predicted octanol–water partition coefficient (Wildman–Crippen LogP) is 2.90. The van der Waals surface area contributed by atoms with Gasteiger partial charge >= 0.3 is 0 Å². The van der Waals surface area contributed by atoms with E-state index >= 15 is 0 Å². The van der Waals surface area contributed by atoms with E-state index in [2.05, 4.69) is 30.4 Å². The number of carbonyl (C=O) groups excluding carboxylic acids is 1. The van der Waals surface area contributed by atoms with E-state index in [1.54, 1.807) is 18.7 Å². The van der Waals surface area contributed by atoms with Gasteiger partial charge in [0.05, 0.1) is 11.4 Å². The summed E-state index contributed by atoms with van der Waals surface area (Å²) in [4.78, 5) is 11.7. The standard InChI is InChI=1S/C16H25NO2S/c1-4-8-16(3,19)12-17-15(18)11-20-10-14-7-5-6-13(2)9-14/h5-7,9,19H,4,8,10-12H2,1-3H3,(H,17,18). The van der Waals surface area contributed by atoms with Gasteiger partial charge in [-0.3, -0.25) is 4.79 Å². The zero-order valence-electron chi connectivity index (χ0n) is 12.6. The Morgan fingerprint density at radius 3 is 2.85 bits per heavy atom. The van der Waals surface area contributed by atoms with Crippen LogP contribution >= 0.6 is 11.8 Å². The molecule has 0 heterocycles. The maximum absolute atomic E-state index is 11.7. The van der Waals surface area contributed by atoms with Crippen molar-refractivity contribution in [1.82, 2.24) is 5.32 Å². The van der Waals surface area contributed by atoms with E-state index in [1.165, 1.54) is 11.1 Å². The topological polar surface area (TPSA) is 49.3 Å². The molecule has 0 saturated heterocycles. The Balaban J connectivity index is 2.23. The second-order valence-electron chi connectivity index (χ2n) is 5.51. The van der Waals surface area contributed by atoms with Crippen molar-refractivity contribution in [2.24, 2.45) is 0 Å². The molecule has 1 aromatic rings. The lowest BCUT2D eigenvalue weighted by atomic mass is 10.0. The third-order valence-electron chi connectivity index (χ3n) is 3.04. The molecular formula is C16H25NO2S. The summed E-state index contributed by atoms with van der Waals surface area (Å²) in [5, 5.41) is 12.8. The molecule has 112 valence electrons. The maximum atomic E-state index is 11.7. The molecule has 0 bridgehead atoms. The zero-order chi connectivity index (χ0) is 15.0. The molecule has 0 aliphatic rings. The summed E-state index contributed by atoms with van der Waals surface area (Å²) < 4.78 is 0. The zero-order valence-corrected chi connectivity index (χ0v) is 13.4. The van der Waals surface area contributed by atoms with Gasteiger partial charge in [-0.1, -0.05) is 43.2 Å². The Kier molecular flexibility index (Phi) is 7.10. The van der Waals surface area contributed by atoms with Crippen molar-refractivity contribution in [1.29, 1.82) is 0 Å². The van der Waals surface area contributed by atoms with E-state index in [4.69, 9.17) is 0 Å². The fourth-order valence-corrected chi connectivity index (χ4v) is 2.84. The first-order valence-electron chi connectivity index (χ1n) is 7.05. The van der Waals surface area contributed by atoms with Gasteiger partial charge < -0.3 is 10.4 Å². The monoisotopic (exact) mass is 295 g/mol. The van der Waals surface area contributed by atoms with Crippen LogP contribution in [0.2, 0.25) is 0 Å². The quantitative estimate of drug-likeness (QED) is 0.775. The molecule has 1 aromatic carbocycles. The molecular weight excluding hydrogens is 270 g/mol. The SMILES string of the molecule is CCCC(C)(O)CNC(=O)CSCc1cccc(C)c1. The van der Waals surface area contributed by atoms with Gasteiger partial charge in [0.2, 0.25) is 5.91 Å². The third kappa shape index (κ3) is 6.96. The van der Waals surface area contributed by atoms with Gasteiger partial charge in [-0.15, -0.1) is 11.8 Å². The van der Waals surface area contributed by atoms with Crippen LogP contribution < -0.4 is 5.32 Å². The largest absolute Gasteiger partial charge is 0.388 e. The Morgan fingerprint density at radius 1 is 1.45 bits per heavy atom. The fourth-order valence-electron chi connectivity index (χ4n) is 2.03. The molecule has 0 fully saturated rings. The average molecular weight is 295 g/mol. The summed E-state index contributed by atoms with van der Waals surface area (Å²) in [5.74, 6) is 1.25. The number of rotatable bonds is 8. The van der Waals surface area contributed by atoms with Crippen molar-refractivity contribution in [3.05, 3.63) is 35.4 Å². The van der Waals surface area contributed by atoms with Crippen LogP contribution in [0.25, 0.3) is 0 Å². The molecule has 0 aliphatic carbocycles. The van der Waals surface area contributed by atoms with Gasteiger partial charge in [-0.25, -0.2) is 0 Å². The number of aliphatic hydroxyl groups is 1. The van der Waals surface area contributed by atoms with Crippen molar-refractivity contribution in [3.63, 3.8) is 0 Å². The minimum Gasteiger partial charge on any atom is -0.388 e. The molecule has 20 heavy (non-hydrogen) atoms. The maximum Gasteiger partial charge on any atom is 0.230 e. The smallest absolute Gasteiger partial charge is 0.230 e. The normalized spacial score (nSPS) is 13.8. The highest BCUT2D eigenvalue weighted by Gasteiger charge is 2.19. The van der Waals surface area contributed by atoms with Gasteiger partial charge in [0.25, 0.3) is 0 Å². The van der Waals surface area contributed by atoms with Crippen LogP contribution in [0.3, 0.4) is 0 Å². The fraction of sp³-hybridized carbons (Fsp3) is 0.562. The van der Waals surface area contributed by atoms with Gasteiger partial charge in [0.15, 0.2) is 0 Å². The molecule has 3 nitrogen and oxygen atoms in total. The first-order valence-corrected chi connectivity index (χ1v) is 8.21. The van der Waals surface area contributed by atoms with Crippen molar-refractivity contribution < 1.29 is 9.90 Å². The van der Waals surface area contributed by atoms with E-state index in [1.807, 2.05) is 13.0 Å². The molecule has 0 aliphatic heterocycles. The molecule has 1 unspecified atom stereocenters. The van der Waals surface area contributed by atoms with E-state index in [0.29, 0.717) is 18.7 Å². The van der Waals surface area contributed by atoms with Gasteiger partial charge in [-0.2, -0.15) is 0 Å². The van der Waals surface area contributed by atoms with Crippen LogP contribution in [-0.4, -0.2) is 28.9 Å². The summed E-state index contributed by atoms with van der Waals surface area (Å²) in [6, 6.07) is 8.31. The first-order chi connectivity index (χ1) is 9.43. The number of carbonyl (C=O) groups is 1. The first kappa shape index (κ1) is 17.1. The van der Waals surface area contributed by atoms with E-state index in [0.717, 1.165) is 12.2 Å². The molecule has 2 N–H and O–H groups in total. The molecule has 4 heteroatoms. The number of aryl methyl sites for hydroxylation is 1. The Bertz CT molecular complexity index is 432. The summed E-state index contributed by atoms with van der Waals surface area (Å²) in [6.45, 7) is 6.17. The van der Waals surface area contributed by atoms with E-state index in [9.17, 15) is 9.90 Å². The van der Waals surface area contributed by atoms with E-state index in [-0.39, 0.29) is 5.91 Å². The number of nitrogens with one attached hydrogen (secondary N) is 1. The summed E-state index contributed by atoms with van der Waals surface area (Å²) in [6.07, 6.45) is 1.61. The number of amides is 1. The second kappa shape index (κ2) is 8.32. The van der Waals surface area contributed by atoms with E-state index < -0.39 is 5.60 Å². The Morgan fingerprint density at radius 2 is 2.20 bits per heavy atom. The van der Waals surface area contributed by atoms with Crippen LogP contribution in [0.5, 0.6) is 0 Å². The highest BCUT2D eigenvalue weighted by atomic mass is 32.2. The lowest BCUT2D eigenvalue weighted by Crippen LogP contribution is -2.41. The number of hydrogen-bond acceptors (Lipinski definition) is 3. The molecule has 1 atom stereocenters. The lowest BCUT2D eigenvalue weighted by molar-refractivity contribution is -0.119. The molecule has 0 spiro atoms. The number of thioether (sulfide) groups is 1. The van der Waals surface area contributed by atoms with Crippen LogP contribution in [0, 0.1) is 6.92 Å². The van der Waals surface area contributed by atoms with Crippen molar-refractivity contribution in [2.75, 3.05) is 12.3 Å². The molecule has 1 rings (SSSR count). The van der Waals surface area contributed by atoms with Gasteiger partial charge in [-0.05, 0) is 25.8 Å². The Hall–Kier alpha value is -1.00. The van der Waals surface area contributed by atoms with Crippen LogP contribution in [-0.2, 0) is 10.5 Å². The Labute approximate surface area is 126 Å². The van der Waals surface area contributed by atoms with Crippen molar-refractivity contribution in [3.8, 4) is 0 Å². The average Bonchev–Trinajstić information content (AvgIpc) is 2.37. The predicted molar refractivity (Wildman–Crippen MR) is 85.9 cm³/mol. The highest BCUT2D eigenvalue weighted by Crippen LogP contribution is 2.14. The summed E-state index contributed by atoms with van der Waals surface area (Å²) >= 11 is 1.59. The highest BCUT2D eigenvalue weighted by molar-refractivity contribution is 7.99.